The molecule has 1 N–H and O–H groups in total. The molecule has 3 rings (SSSR count). The zero-order valence-electron chi connectivity index (χ0n) is 15.0. The SMILES string of the molecule is Cc1ccc(N/C=C(/C(=O)N2CCCC2)S(=O)(=O)c2ccccc2F)cc1. The highest BCUT2D eigenvalue weighted by Crippen LogP contribution is 2.25. The average molecular weight is 388 g/mol. The van der Waals surface area contributed by atoms with Crippen LogP contribution < -0.4 is 5.32 Å². The number of sulfone groups is 1. The van der Waals surface area contributed by atoms with Gasteiger partial charge < -0.3 is 10.2 Å². The highest BCUT2D eigenvalue weighted by atomic mass is 32.2. The molecule has 0 spiro atoms. The number of rotatable bonds is 5. The van der Waals surface area contributed by atoms with Gasteiger partial charge in [0.25, 0.3) is 5.91 Å². The summed E-state index contributed by atoms with van der Waals surface area (Å²) < 4.78 is 40.2. The van der Waals surface area contributed by atoms with Gasteiger partial charge in [0.1, 0.15) is 10.7 Å². The number of anilines is 1. The number of amides is 1. The fraction of sp³-hybridized carbons (Fsp3) is 0.250. The first-order valence-corrected chi connectivity index (χ1v) is 10.2. The molecule has 1 aliphatic rings. The molecule has 0 saturated carbocycles. The highest BCUT2D eigenvalue weighted by molar-refractivity contribution is 7.96. The van der Waals surface area contributed by atoms with E-state index in [1.807, 2.05) is 19.1 Å². The van der Waals surface area contributed by atoms with Crippen LogP contribution in [0, 0.1) is 12.7 Å². The average Bonchev–Trinajstić information content (AvgIpc) is 3.18. The number of likely N-dealkylation sites (tertiary alicyclic amines) is 1. The Bertz CT molecular complexity index is 963. The van der Waals surface area contributed by atoms with Crippen LogP contribution in [0.3, 0.4) is 0 Å². The number of nitrogens with zero attached hydrogens (tertiary/aromatic N) is 1. The van der Waals surface area contributed by atoms with Crippen molar-refractivity contribution in [3.05, 3.63) is 71.0 Å². The van der Waals surface area contributed by atoms with Crippen molar-refractivity contribution >= 4 is 21.4 Å². The number of benzene rings is 2. The minimum absolute atomic E-state index is 0.463. The van der Waals surface area contributed by atoms with Gasteiger partial charge in [-0.05, 0) is 44.0 Å². The lowest BCUT2D eigenvalue weighted by atomic mass is 10.2. The van der Waals surface area contributed by atoms with Gasteiger partial charge in [0, 0.05) is 25.0 Å². The maximum Gasteiger partial charge on any atom is 0.267 e. The zero-order chi connectivity index (χ0) is 19.4. The van der Waals surface area contributed by atoms with E-state index in [1.54, 1.807) is 12.1 Å². The number of carbonyl (C=O) groups excluding carboxylic acids is 1. The molecule has 1 fully saturated rings. The fourth-order valence-electron chi connectivity index (χ4n) is 2.91. The monoisotopic (exact) mass is 388 g/mol. The molecule has 5 nitrogen and oxygen atoms in total. The number of hydrogen-bond acceptors (Lipinski definition) is 4. The van der Waals surface area contributed by atoms with Crippen molar-refractivity contribution in [1.29, 1.82) is 0 Å². The Kier molecular flexibility index (Phi) is 5.60. The molecule has 7 heteroatoms. The van der Waals surface area contributed by atoms with Crippen LogP contribution in [-0.4, -0.2) is 32.3 Å². The summed E-state index contributed by atoms with van der Waals surface area (Å²) in [4.78, 5) is 13.4. The Balaban J connectivity index is 2.01. The van der Waals surface area contributed by atoms with Crippen molar-refractivity contribution in [2.24, 2.45) is 0 Å². The maximum absolute atomic E-state index is 14.1. The summed E-state index contributed by atoms with van der Waals surface area (Å²) in [6, 6.07) is 12.4. The van der Waals surface area contributed by atoms with Crippen LogP contribution in [0.15, 0.2) is 64.5 Å². The first kappa shape index (κ1) is 19.1. The van der Waals surface area contributed by atoms with E-state index < -0.39 is 31.4 Å². The van der Waals surface area contributed by atoms with Crippen molar-refractivity contribution in [3.8, 4) is 0 Å². The molecule has 0 radical (unpaired) electrons. The van der Waals surface area contributed by atoms with Crippen molar-refractivity contribution in [1.82, 2.24) is 4.90 Å². The Morgan fingerprint density at radius 1 is 1.07 bits per heavy atom. The predicted molar refractivity (Wildman–Crippen MR) is 102 cm³/mol. The van der Waals surface area contributed by atoms with Crippen LogP contribution in [0.1, 0.15) is 18.4 Å². The van der Waals surface area contributed by atoms with Crippen molar-refractivity contribution in [2.75, 3.05) is 18.4 Å². The van der Waals surface area contributed by atoms with Crippen molar-refractivity contribution in [2.45, 2.75) is 24.7 Å². The molecule has 1 saturated heterocycles. The topological polar surface area (TPSA) is 66.5 Å². The second-order valence-corrected chi connectivity index (χ2v) is 8.34. The minimum Gasteiger partial charge on any atom is -0.360 e. The van der Waals surface area contributed by atoms with E-state index in [0.717, 1.165) is 30.7 Å². The predicted octanol–water partition coefficient (Wildman–Crippen LogP) is 3.48. The molecule has 0 bridgehead atoms. The van der Waals surface area contributed by atoms with E-state index in [0.29, 0.717) is 18.8 Å². The van der Waals surface area contributed by atoms with Crippen LogP contribution in [-0.2, 0) is 14.6 Å². The summed E-state index contributed by atoms with van der Waals surface area (Å²) in [6.45, 7) is 2.92. The summed E-state index contributed by atoms with van der Waals surface area (Å²) in [5.41, 5.74) is 1.69. The normalized spacial score (nSPS) is 15.0. The van der Waals surface area contributed by atoms with E-state index in [2.05, 4.69) is 5.32 Å². The summed E-state index contributed by atoms with van der Waals surface area (Å²) >= 11 is 0. The van der Waals surface area contributed by atoms with Gasteiger partial charge in [-0.15, -0.1) is 0 Å². The second kappa shape index (κ2) is 7.92. The first-order valence-electron chi connectivity index (χ1n) is 8.72. The lowest BCUT2D eigenvalue weighted by Crippen LogP contribution is -2.32. The number of halogens is 1. The third-order valence-electron chi connectivity index (χ3n) is 4.44. The third kappa shape index (κ3) is 4.19. The molecule has 0 unspecified atom stereocenters. The molecule has 27 heavy (non-hydrogen) atoms. The van der Waals surface area contributed by atoms with Gasteiger partial charge >= 0.3 is 0 Å². The third-order valence-corrected chi connectivity index (χ3v) is 6.22. The Labute approximate surface area is 158 Å². The molecule has 1 heterocycles. The number of aryl methyl sites for hydroxylation is 1. The molecular weight excluding hydrogens is 367 g/mol. The standard InChI is InChI=1S/C20H21FN2O3S/c1-15-8-10-16(11-9-15)22-14-19(20(24)23-12-4-5-13-23)27(25,26)18-7-3-2-6-17(18)21/h2-3,6-11,14,22H,4-5,12-13H2,1H3/b19-14-. The molecular formula is C20H21FN2O3S. The number of hydrogen-bond donors (Lipinski definition) is 1. The van der Waals surface area contributed by atoms with Gasteiger partial charge in [-0.1, -0.05) is 29.8 Å². The minimum atomic E-state index is -4.31. The lowest BCUT2D eigenvalue weighted by Gasteiger charge is -2.18. The number of carbonyl (C=O) groups is 1. The summed E-state index contributed by atoms with van der Waals surface area (Å²) in [5, 5.41) is 2.86. The van der Waals surface area contributed by atoms with Crippen LogP contribution >= 0.6 is 0 Å². The van der Waals surface area contributed by atoms with Gasteiger partial charge in [0.2, 0.25) is 9.84 Å². The Morgan fingerprint density at radius 3 is 2.33 bits per heavy atom. The van der Waals surface area contributed by atoms with Crippen LogP contribution in [0.2, 0.25) is 0 Å². The smallest absolute Gasteiger partial charge is 0.267 e. The molecule has 1 amide bonds. The van der Waals surface area contributed by atoms with Crippen LogP contribution in [0.25, 0.3) is 0 Å². The maximum atomic E-state index is 14.1. The van der Waals surface area contributed by atoms with E-state index in [4.69, 9.17) is 0 Å². The van der Waals surface area contributed by atoms with Gasteiger partial charge in [0.05, 0.1) is 0 Å². The van der Waals surface area contributed by atoms with E-state index in [-0.39, 0.29) is 0 Å². The van der Waals surface area contributed by atoms with Crippen LogP contribution in [0.4, 0.5) is 10.1 Å². The van der Waals surface area contributed by atoms with Gasteiger partial charge in [-0.2, -0.15) is 0 Å². The van der Waals surface area contributed by atoms with Crippen molar-refractivity contribution in [3.63, 3.8) is 0 Å². The fourth-order valence-corrected chi connectivity index (χ4v) is 4.30. The Hall–Kier alpha value is -2.67. The molecule has 0 atom stereocenters. The van der Waals surface area contributed by atoms with Gasteiger partial charge in [-0.25, -0.2) is 12.8 Å². The Morgan fingerprint density at radius 2 is 1.70 bits per heavy atom. The molecule has 0 aromatic heterocycles. The lowest BCUT2D eigenvalue weighted by molar-refractivity contribution is -0.125. The first-order chi connectivity index (χ1) is 12.9. The van der Waals surface area contributed by atoms with E-state index in [9.17, 15) is 17.6 Å². The van der Waals surface area contributed by atoms with Gasteiger partial charge in [0.15, 0.2) is 4.91 Å². The summed E-state index contributed by atoms with van der Waals surface area (Å²) in [7, 11) is -4.31. The zero-order valence-corrected chi connectivity index (χ0v) is 15.8. The molecule has 2 aromatic carbocycles. The van der Waals surface area contributed by atoms with E-state index in [1.165, 1.54) is 23.1 Å². The van der Waals surface area contributed by atoms with E-state index >= 15 is 0 Å². The largest absolute Gasteiger partial charge is 0.360 e. The quantitative estimate of drug-likeness (QED) is 0.797. The van der Waals surface area contributed by atoms with Crippen LogP contribution in [0.5, 0.6) is 0 Å². The second-order valence-electron chi connectivity index (χ2n) is 6.45. The summed E-state index contributed by atoms with van der Waals surface area (Å²) in [6.07, 6.45) is 2.81. The van der Waals surface area contributed by atoms with Crippen molar-refractivity contribution < 1.29 is 17.6 Å². The molecule has 0 aliphatic carbocycles. The molecule has 142 valence electrons. The highest BCUT2D eigenvalue weighted by Gasteiger charge is 2.33. The molecule has 2 aromatic rings. The number of nitrogens with one attached hydrogen (secondary N) is 1. The summed E-state index contributed by atoms with van der Waals surface area (Å²) in [5.74, 6) is -1.50. The van der Waals surface area contributed by atoms with Gasteiger partial charge in [-0.3, -0.25) is 4.79 Å². The molecule has 1 aliphatic heterocycles.